The number of aryl methyl sites for hydroxylation is 2. The fourth-order valence-electron chi connectivity index (χ4n) is 4.36. The summed E-state index contributed by atoms with van der Waals surface area (Å²) in [6.45, 7) is 8.74. The maximum Gasteiger partial charge on any atom is 0.244 e. The summed E-state index contributed by atoms with van der Waals surface area (Å²) in [5.74, 6) is -0.954. The Kier molecular flexibility index (Phi) is 10.5. The van der Waals surface area contributed by atoms with Crippen LogP contribution in [-0.2, 0) is 32.6 Å². The van der Waals surface area contributed by atoms with E-state index in [1.165, 1.54) is 4.90 Å². The molecule has 0 saturated heterocycles. The van der Waals surface area contributed by atoms with E-state index in [0.29, 0.717) is 21.3 Å². The molecule has 3 aromatic rings. The molecule has 3 aromatic carbocycles. The highest BCUT2D eigenvalue weighted by atomic mass is 35.5. The largest absolute Gasteiger partial charge is 0.350 e. The number of sulfonamides is 1. The number of rotatable bonds is 10. The number of hydrogen-bond acceptors (Lipinski definition) is 4. The molecule has 7 nitrogen and oxygen atoms in total. The molecule has 1 N–H and O–H groups in total. The molecule has 2 amide bonds. The second-order valence-electron chi connectivity index (χ2n) is 11.2. The van der Waals surface area contributed by atoms with Crippen LogP contribution in [0, 0.1) is 13.8 Å². The van der Waals surface area contributed by atoms with Crippen molar-refractivity contribution < 1.29 is 18.0 Å². The minimum absolute atomic E-state index is 0.100. The lowest BCUT2D eigenvalue weighted by Gasteiger charge is -2.35. The van der Waals surface area contributed by atoms with Gasteiger partial charge < -0.3 is 10.2 Å². The molecule has 10 heteroatoms. The van der Waals surface area contributed by atoms with Crippen LogP contribution in [0.2, 0.25) is 10.0 Å². The van der Waals surface area contributed by atoms with Gasteiger partial charge in [0.1, 0.15) is 12.6 Å². The first-order valence-corrected chi connectivity index (χ1v) is 15.8. The first-order chi connectivity index (χ1) is 19.1. The maximum atomic E-state index is 14.2. The lowest BCUT2D eigenvalue weighted by Crippen LogP contribution is -2.56. The zero-order valence-corrected chi connectivity index (χ0v) is 26.6. The Labute approximate surface area is 253 Å². The molecule has 0 bridgehead atoms. The van der Waals surface area contributed by atoms with Crippen LogP contribution in [0.5, 0.6) is 0 Å². The summed E-state index contributed by atoms with van der Waals surface area (Å²) in [5.41, 5.74) is 2.95. The van der Waals surface area contributed by atoms with Crippen LogP contribution in [0.25, 0.3) is 0 Å². The zero-order valence-electron chi connectivity index (χ0n) is 24.2. The number of carbonyl (C=O) groups is 2. The van der Waals surface area contributed by atoms with Crippen molar-refractivity contribution in [2.75, 3.05) is 17.1 Å². The standard InChI is InChI=1S/C31H37Cl2N3O4S/c1-21-15-16-24(17-22(21)2)36(41(6,39)40)20-29(37)35(19-25-26(32)13-10-14-27(25)33)28(30(38)34-31(3,4)5)18-23-11-8-7-9-12-23/h7-17,28H,18-20H2,1-6H3,(H,34,38). The van der Waals surface area contributed by atoms with E-state index < -0.39 is 34.1 Å². The first-order valence-electron chi connectivity index (χ1n) is 13.2. The van der Waals surface area contributed by atoms with E-state index in [1.54, 1.807) is 30.3 Å². The molecule has 220 valence electrons. The van der Waals surface area contributed by atoms with Crippen LogP contribution in [0.1, 0.15) is 43.0 Å². The molecule has 0 fully saturated rings. The van der Waals surface area contributed by atoms with Gasteiger partial charge in [0.2, 0.25) is 21.8 Å². The second kappa shape index (κ2) is 13.3. The lowest BCUT2D eigenvalue weighted by atomic mass is 10.0. The smallest absolute Gasteiger partial charge is 0.244 e. The van der Waals surface area contributed by atoms with Crippen molar-refractivity contribution in [2.24, 2.45) is 0 Å². The summed E-state index contributed by atoms with van der Waals surface area (Å²) in [6.07, 6.45) is 1.25. The van der Waals surface area contributed by atoms with Gasteiger partial charge in [0.25, 0.3) is 0 Å². The topological polar surface area (TPSA) is 86.8 Å². The van der Waals surface area contributed by atoms with Gasteiger partial charge in [0.05, 0.1) is 11.9 Å². The van der Waals surface area contributed by atoms with Gasteiger partial charge in [0.15, 0.2) is 0 Å². The van der Waals surface area contributed by atoms with Gasteiger partial charge in [-0.15, -0.1) is 0 Å². The zero-order chi connectivity index (χ0) is 30.5. The van der Waals surface area contributed by atoms with Gasteiger partial charge in [-0.2, -0.15) is 0 Å². The Morgan fingerprint density at radius 1 is 0.902 bits per heavy atom. The van der Waals surface area contributed by atoms with Crippen molar-refractivity contribution in [1.29, 1.82) is 0 Å². The monoisotopic (exact) mass is 617 g/mol. The molecule has 0 heterocycles. The van der Waals surface area contributed by atoms with Crippen LogP contribution in [-0.4, -0.2) is 49.5 Å². The van der Waals surface area contributed by atoms with E-state index >= 15 is 0 Å². The third-order valence-electron chi connectivity index (χ3n) is 6.62. The number of halogens is 2. The van der Waals surface area contributed by atoms with E-state index in [-0.39, 0.29) is 18.9 Å². The normalized spacial score (nSPS) is 12.5. The third-order valence-corrected chi connectivity index (χ3v) is 8.47. The summed E-state index contributed by atoms with van der Waals surface area (Å²) in [7, 11) is -3.87. The summed E-state index contributed by atoms with van der Waals surface area (Å²) < 4.78 is 27.0. The van der Waals surface area contributed by atoms with Crippen LogP contribution in [0.4, 0.5) is 5.69 Å². The second-order valence-corrected chi connectivity index (χ2v) is 13.9. The van der Waals surface area contributed by atoms with Crippen LogP contribution < -0.4 is 9.62 Å². The highest BCUT2D eigenvalue weighted by Crippen LogP contribution is 2.28. The predicted octanol–water partition coefficient (Wildman–Crippen LogP) is 5.93. The van der Waals surface area contributed by atoms with Gasteiger partial charge >= 0.3 is 0 Å². The molecule has 0 aliphatic rings. The average Bonchev–Trinajstić information content (AvgIpc) is 2.86. The van der Waals surface area contributed by atoms with Gasteiger partial charge in [-0.3, -0.25) is 13.9 Å². The highest BCUT2D eigenvalue weighted by Gasteiger charge is 2.35. The Morgan fingerprint density at radius 2 is 1.51 bits per heavy atom. The molecule has 41 heavy (non-hydrogen) atoms. The number of nitrogens with zero attached hydrogens (tertiary/aromatic N) is 2. The Morgan fingerprint density at radius 3 is 2.05 bits per heavy atom. The van der Waals surface area contributed by atoms with E-state index in [9.17, 15) is 18.0 Å². The molecule has 1 unspecified atom stereocenters. The van der Waals surface area contributed by atoms with Crippen molar-refractivity contribution in [1.82, 2.24) is 10.2 Å². The molecule has 3 rings (SSSR count). The number of carbonyl (C=O) groups excluding carboxylic acids is 2. The first kappa shape index (κ1) is 32.4. The van der Waals surface area contributed by atoms with Crippen molar-refractivity contribution in [3.8, 4) is 0 Å². The van der Waals surface area contributed by atoms with Crippen molar-refractivity contribution in [3.63, 3.8) is 0 Å². The molecule has 0 radical (unpaired) electrons. The van der Waals surface area contributed by atoms with Gasteiger partial charge in [-0.1, -0.05) is 65.7 Å². The number of amides is 2. The Hall–Kier alpha value is -3.07. The Balaban J connectivity index is 2.13. The quantitative estimate of drug-likeness (QED) is 0.305. The lowest BCUT2D eigenvalue weighted by molar-refractivity contribution is -0.140. The van der Waals surface area contributed by atoms with Crippen LogP contribution in [0.3, 0.4) is 0 Å². The predicted molar refractivity (Wildman–Crippen MR) is 167 cm³/mol. The average molecular weight is 619 g/mol. The summed E-state index contributed by atoms with van der Waals surface area (Å²) in [5, 5.41) is 3.65. The number of nitrogens with one attached hydrogen (secondary N) is 1. The van der Waals surface area contributed by atoms with Gasteiger partial charge in [-0.25, -0.2) is 8.42 Å². The third kappa shape index (κ3) is 8.96. The molecule has 0 spiro atoms. The SMILES string of the molecule is Cc1ccc(N(CC(=O)N(Cc2c(Cl)cccc2Cl)C(Cc2ccccc2)C(=O)NC(C)(C)C)S(C)(=O)=O)cc1C. The number of hydrogen-bond donors (Lipinski definition) is 1. The molecule has 0 aliphatic carbocycles. The fourth-order valence-corrected chi connectivity index (χ4v) is 5.71. The highest BCUT2D eigenvalue weighted by molar-refractivity contribution is 7.92. The van der Waals surface area contributed by atoms with E-state index in [4.69, 9.17) is 23.2 Å². The van der Waals surface area contributed by atoms with Crippen molar-refractivity contribution in [2.45, 2.75) is 59.2 Å². The van der Waals surface area contributed by atoms with E-state index in [1.807, 2.05) is 71.0 Å². The fraction of sp³-hybridized carbons (Fsp3) is 0.355. The van der Waals surface area contributed by atoms with Gasteiger partial charge in [0, 0.05) is 34.1 Å². The molecular formula is C31H37Cl2N3O4S. The molecule has 0 aliphatic heterocycles. The van der Waals surface area contributed by atoms with Crippen LogP contribution in [0.15, 0.2) is 66.7 Å². The summed E-state index contributed by atoms with van der Waals surface area (Å²) in [6, 6.07) is 18.6. The minimum atomic E-state index is -3.87. The van der Waals surface area contributed by atoms with E-state index in [2.05, 4.69) is 5.32 Å². The summed E-state index contributed by atoms with van der Waals surface area (Å²) in [4.78, 5) is 29.4. The van der Waals surface area contributed by atoms with Gasteiger partial charge in [-0.05, 0) is 75.6 Å². The minimum Gasteiger partial charge on any atom is -0.350 e. The molecule has 0 aromatic heterocycles. The van der Waals surface area contributed by atoms with Crippen LogP contribution >= 0.6 is 23.2 Å². The molecule has 1 atom stereocenters. The summed E-state index contributed by atoms with van der Waals surface area (Å²) >= 11 is 13.0. The molecular weight excluding hydrogens is 581 g/mol. The van der Waals surface area contributed by atoms with Crippen molar-refractivity contribution in [3.05, 3.63) is 99.0 Å². The maximum absolute atomic E-state index is 14.2. The number of anilines is 1. The van der Waals surface area contributed by atoms with Crippen molar-refractivity contribution >= 4 is 50.7 Å². The molecule has 0 saturated carbocycles. The Bertz CT molecular complexity index is 1490. The van der Waals surface area contributed by atoms with E-state index in [0.717, 1.165) is 27.3 Å². The number of benzene rings is 3.